The van der Waals surface area contributed by atoms with Gasteiger partial charge in [-0.05, 0) is 48.6 Å². The van der Waals surface area contributed by atoms with Crippen molar-refractivity contribution in [3.63, 3.8) is 0 Å². The van der Waals surface area contributed by atoms with Gasteiger partial charge in [-0.1, -0.05) is 51.1 Å². The van der Waals surface area contributed by atoms with Crippen LogP contribution in [0.4, 0.5) is 5.69 Å². The number of hydrogen-bond donors (Lipinski definition) is 1. The summed E-state index contributed by atoms with van der Waals surface area (Å²) in [6.07, 6.45) is 3.46. The Morgan fingerprint density at radius 1 is 1.08 bits per heavy atom. The van der Waals surface area contributed by atoms with Crippen LogP contribution in [0.3, 0.4) is 0 Å². The summed E-state index contributed by atoms with van der Waals surface area (Å²) in [5.41, 5.74) is 3.12. The van der Waals surface area contributed by atoms with Crippen LogP contribution in [0.2, 0.25) is 0 Å². The van der Waals surface area contributed by atoms with Gasteiger partial charge in [-0.2, -0.15) is 0 Å². The second kappa shape index (κ2) is 8.02. The van der Waals surface area contributed by atoms with E-state index in [9.17, 15) is 4.79 Å². The Kier molecular flexibility index (Phi) is 6.02. The molecule has 1 amide bonds. The van der Waals surface area contributed by atoms with E-state index in [1.54, 1.807) is 6.08 Å². The van der Waals surface area contributed by atoms with Gasteiger partial charge in [0.1, 0.15) is 5.75 Å². The number of benzene rings is 2. The predicted octanol–water partition coefficient (Wildman–Crippen LogP) is 5.42. The molecule has 0 spiro atoms. The van der Waals surface area contributed by atoms with Crippen molar-refractivity contribution in [1.82, 2.24) is 0 Å². The fourth-order valence-corrected chi connectivity index (χ4v) is 2.37. The Morgan fingerprint density at radius 2 is 1.76 bits per heavy atom. The van der Waals surface area contributed by atoms with Crippen LogP contribution in [-0.2, 0) is 10.2 Å². The summed E-state index contributed by atoms with van der Waals surface area (Å²) in [5.74, 6) is 0.580. The third-order valence-corrected chi connectivity index (χ3v) is 3.68. The second-order valence-corrected chi connectivity index (χ2v) is 7.39. The molecular formula is C22H27NO2. The summed E-state index contributed by atoms with van der Waals surface area (Å²) in [6, 6.07) is 15.7. The summed E-state index contributed by atoms with van der Waals surface area (Å²) in [5, 5.41) is 2.86. The molecule has 0 aliphatic rings. The Bertz CT molecular complexity index is 737. The highest BCUT2D eigenvalue weighted by Gasteiger charge is 2.12. The van der Waals surface area contributed by atoms with Crippen LogP contribution in [0.1, 0.15) is 45.7 Å². The normalized spacial score (nSPS) is 11.8. The van der Waals surface area contributed by atoms with Crippen molar-refractivity contribution in [1.29, 1.82) is 0 Å². The first-order valence-corrected chi connectivity index (χ1v) is 8.60. The Balaban J connectivity index is 1.99. The van der Waals surface area contributed by atoms with E-state index in [-0.39, 0.29) is 17.4 Å². The third kappa shape index (κ3) is 6.11. The first kappa shape index (κ1) is 18.8. The van der Waals surface area contributed by atoms with E-state index >= 15 is 0 Å². The average molecular weight is 337 g/mol. The molecule has 0 saturated carbocycles. The second-order valence-electron chi connectivity index (χ2n) is 7.39. The van der Waals surface area contributed by atoms with Crippen LogP contribution in [0, 0.1) is 0 Å². The zero-order valence-corrected chi connectivity index (χ0v) is 15.7. The Labute approximate surface area is 150 Å². The van der Waals surface area contributed by atoms with Crippen LogP contribution in [0.5, 0.6) is 5.75 Å². The van der Waals surface area contributed by atoms with Crippen LogP contribution in [0.15, 0.2) is 54.6 Å². The lowest BCUT2D eigenvalue weighted by Crippen LogP contribution is -2.10. The van der Waals surface area contributed by atoms with Crippen molar-refractivity contribution in [3.05, 3.63) is 65.7 Å². The molecule has 2 rings (SSSR count). The number of anilines is 1. The number of rotatable bonds is 5. The predicted molar refractivity (Wildman–Crippen MR) is 105 cm³/mol. The van der Waals surface area contributed by atoms with Crippen molar-refractivity contribution in [2.45, 2.75) is 46.1 Å². The number of nitrogens with one attached hydrogen (secondary N) is 1. The molecule has 0 unspecified atom stereocenters. The van der Waals surface area contributed by atoms with E-state index < -0.39 is 0 Å². The van der Waals surface area contributed by atoms with Gasteiger partial charge in [0.2, 0.25) is 5.91 Å². The minimum absolute atomic E-state index is 0.0990. The minimum Gasteiger partial charge on any atom is -0.491 e. The maximum absolute atomic E-state index is 12.1. The van der Waals surface area contributed by atoms with Gasteiger partial charge in [-0.3, -0.25) is 4.79 Å². The topological polar surface area (TPSA) is 38.3 Å². The molecule has 0 heterocycles. The fourth-order valence-electron chi connectivity index (χ4n) is 2.37. The number of hydrogen-bond acceptors (Lipinski definition) is 2. The van der Waals surface area contributed by atoms with E-state index in [1.165, 1.54) is 5.56 Å². The largest absolute Gasteiger partial charge is 0.491 e. The van der Waals surface area contributed by atoms with Crippen molar-refractivity contribution >= 4 is 17.7 Å². The molecular weight excluding hydrogens is 310 g/mol. The molecule has 0 bridgehead atoms. The van der Waals surface area contributed by atoms with Gasteiger partial charge in [-0.25, -0.2) is 0 Å². The van der Waals surface area contributed by atoms with E-state index in [2.05, 4.69) is 38.2 Å². The summed E-state index contributed by atoms with van der Waals surface area (Å²) >= 11 is 0. The molecule has 0 aromatic heterocycles. The zero-order valence-electron chi connectivity index (χ0n) is 15.7. The van der Waals surface area contributed by atoms with E-state index in [0.717, 1.165) is 17.0 Å². The highest BCUT2D eigenvalue weighted by Crippen LogP contribution is 2.22. The number of amides is 1. The molecule has 0 aliphatic heterocycles. The molecule has 0 aliphatic carbocycles. The highest BCUT2D eigenvalue weighted by atomic mass is 16.5. The molecule has 2 aromatic rings. The third-order valence-electron chi connectivity index (χ3n) is 3.68. The lowest BCUT2D eigenvalue weighted by molar-refractivity contribution is -0.111. The molecule has 132 valence electrons. The smallest absolute Gasteiger partial charge is 0.248 e. The number of carbonyl (C=O) groups excluding carboxylic acids is 1. The van der Waals surface area contributed by atoms with Gasteiger partial charge in [0.15, 0.2) is 0 Å². The lowest BCUT2D eigenvalue weighted by atomic mass is 9.87. The minimum atomic E-state index is -0.165. The van der Waals surface area contributed by atoms with Gasteiger partial charge in [-0.15, -0.1) is 0 Å². The van der Waals surface area contributed by atoms with Crippen LogP contribution in [0.25, 0.3) is 6.08 Å². The maximum Gasteiger partial charge on any atom is 0.248 e. The van der Waals surface area contributed by atoms with Crippen molar-refractivity contribution in [2.24, 2.45) is 0 Å². The van der Waals surface area contributed by atoms with E-state index in [0.29, 0.717) is 0 Å². The van der Waals surface area contributed by atoms with Crippen LogP contribution >= 0.6 is 0 Å². The first-order chi connectivity index (χ1) is 11.7. The van der Waals surface area contributed by atoms with Gasteiger partial charge in [0.25, 0.3) is 0 Å². The van der Waals surface area contributed by atoms with Crippen molar-refractivity contribution in [2.75, 3.05) is 5.32 Å². The summed E-state index contributed by atoms with van der Waals surface area (Å²) in [4.78, 5) is 12.1. The Morgan fingerprint density at radius 3 is 2.36 bits per heavy atom. The molecule has 1 N–H and O–H groups in total. The molecule has 0 fully saturated rings. The SMILES string of the molecule is CC(C)Oc1cccc(NC(=O)/C=C/c2ccc(C(C)(C)C)cc2)c1. The molecule has 25 heavy (non-hydrogen) atoms. The number of ether oxygens (including phenoxy) is 1. The molecule has 0 atom stereocenters. The van der Waals surface area contributed by atoms with Crippen molar-refractivity contribution in [3.8, 4) is 5.75 Å². The molecule has 3 nitrogen and oxygen atoms in total. The van der Waals surface area contributed by atoms with E-state index in [1.807, 2.05) is 56.3 Å². The monoisotopic (exact) mass is 337 g/mol. The first-order valence-electron chi connectivity index (χ1n) is 8.60. The molecule has 0 saturated heterocycles. The highest BCUT2D eigenvalue weighted by molar-refractivity contribution is 6.02. The summed E-state index contributed by atoms with van der Waals surface area (Å²) < 4.78 is 5.63. The van der Waals surface area contributed by atoms with Gasteiger partial charge < -0.3 is 10.1 Å². The Hall–Kier alpha value is -2.55. The standard InChI is InChI=1S/C22H27NO2/c1-16(2)25-20-8-6-7-19(15-20)23-21(24)14-11-17-9-12-18(13-10-17)22(3,4)5/h6-16H,1-5H3,(H,23,24)/b14-11+. The van der Waals surface area contributed by atoms with Crippen LogP contribution < -0.4 is 10.1 Å². The van der Waals surface area contributed by atoms with Gasteiger partial charge >= 0.3 is 0 Å². The number of carbonyl (C=O) groups is 1. The van der Waals surface area contributed by atoms with Gasteiger partial charge in [0, 0.05) is 17.8 Å². The molecule has 0 radical (unpaired) electrons. The molecule has 3 heteroatoms. The van der Waals surface area contributed by atoms with Crippen LogP contribution in [-0.4, -0.2) is 12.0 Å². The van der Waals surface area contributed by atoms with Crippen molar-refractivity contribution < 1.29 is 9.53 Å². The fraction of sp³-hybridized carbons (Fsp3) is 0.318. The quantitative estimate of drug-likeness (QED) is 0.740. The summed E-state index contributed by atoms with van der Waals surface area (Å²) in [6.45, 7) is 10.5. The average Bonchev–Trinajstić information content (AvgIpc) is 2.52. The zero-order chi connectivity index (χ0) is 18.4. The molecule has 2 aromatic carbocycles. The van der Waals surface area contributed by atoms with E-state index in [4.69, 9.17) is 4.74 Å². The maximum atomic E-state index is 12.1. The lowest BCUT2D eigenvalue weighted by Gasteiger charge is -2.18. The van der Waals surface area contributed by atoms with Gasteiger partial charge in [0.05, 0.1) is 6.10 Å². The summed E-state index contributed by atoms with van der Waals surface area (Å²) in [7, 11) is 0.